The predicted molar refractivity (Wildman–Crippen MR) is 141 cm³/mol. The number of amides is 1. The molecule has 0 saturated heterocycles. The third-order valence-electron chi connectivity index (χ3n) is 6.39. The quantitative estimate of drug-likeness (QED) is 0.345. The molecule has 0 bridgehead atoms. The van der Waals surface area contributed by atoms with Gasteiger partial charge in [-0.25, -0.2) is 4.98 Å². The van der Waals surface area contributed by atoms with Gasteiger partial charge < -0.3 is 15.0 Å². The molecule has 0 radical (unpaired) electrons. The lowest BCUT2D eigenvalue weighted by Crippen LogP contribution is -2.48. The van der Waals surface area contributed by atoms with Gasteiger partial charge in [0.15, 0.2) is 10.9 Å². The van der Waals surface area contributed by atoms with Crippen molar-refractivity contribution >= 4 is 33.8 Å². The minimum atomic E-state index is -0.298. The van der Waals surface area contributed by atoms with Gasteiger partial charge in [-0.15, -0.1) is 0 Å². The Kier molecular flexibility index (Phi) is 6.66. The van der Waals surface area contributed by atoms with Crippen molar-refractivity contribution in [3.8, 4) is 16.9 Å². The third-order valence-corrected chi connectivity index (χ3v) is 7.51. The molecule has 8 nitrogen and oxygen atoms in total. The van der Waals surface area contributed by atoms with Crippen LogP contribution in [0, 0.1) is 0 Å². The summed E-state index contributed by atoms with van der Waals surface area (Å²) in [6.07, 6.45) is 10.3. The van der Waals surface area contributed by atoms with Crippen molar-refractivity contribution < 1.29 is 14.3 Å². The SMILES string of the molecule is C/C=C/C(=O)CCCCn1cc(-c2ccc3c(c2)N(c2nc4c(s2)C(=O)NC(C)(C)C4)CCO3)cn1. The standard InChI is InChI=1S/C27H31N5O3S/c1-4-7-20(33)8-5-6-11-31-17-19(16-28-31)18-9-10-23-22(14-18)32(12-13-35-23)26-29-21-15-27(2,3)30-25(34)24(21)36-26/h4,7,9-10,14,16-17H,5-6,8,11-13,15H2,1-3H3,(H,30,34)/b7-4+. The lowest BCUT2D eigenvalue weighted by atomic mass is 9.94. The number of nitrogens with zero attached hydrogens (tertiary/aromatic N) is 4. The highest BCUT2D eigenvalue weighted by Crippen LogP contribution is 2.42. The van der Waals surface area contributed by atoms with Gasteiger partial charge in [-0.1, -0.05) is 23.5 Å². The largest absolute Gasteiger partial charge is 0.490 e. The van der Waals surface area contributed by atoms with Crippen LogP contribution in [0.2, 0.25) is 0 Å². The number of fused-ring (bicyclic) bond motifs is 2. The summed E-state index contributed by atoms with van der Waals surface area (Å²) in [5.41, 5.74) is 3.57. The van der Waals surface area contributed by atoms with Gasteiger partial charge in [0.2, 0.25) is 0 Å². The number of aromatic nitrogens is 3. The Bertz CT molecular complexity index is 1320. The molecular weight excluding hydrogens is 474 g/mol. The minimum absolute atomic E-state index is 0.0501. The Morgan fingerprint density at radius 1 is 1.28 bits per heavy atom. The lowest BCUT2D eigenvalue weighted by molar-refractivity contribution is -0.114. The Labute approximate surface area is 215 Å². The topological polar surface area (TPSA) is 89.4 Å². The Hall–Kier alpha value is -3.46. The number of aryl methyl sites for hydroxylation is 1. The van der Waals surface area contributed by atoms with E-state index in [9.17, 15) is 9.59 Å². The maximum Gasteiger partial charge on any atom is 0.263 e. The van der Waals surface area contributed by atoms with Gasteiger partial charge in [-0.05, 0) is 57.4 Å². The molecule has 4 heterocycles. The molecular formula is C27H31N5O3S. The first kappa shape index (κ1) is 24.2. The van der Waals surface area contributed by atoms with E-state index in [1.54, 1.807) is 12.2 Å². The molecule has 0 spiro atoms. The molecule has 1 aromatic carbocycles. The average molecular weight is 506 g/mol. The molecule has 0 fully saturated rings. The maximum absolute atomic E-state index is 12.6. The van der Waals surface area contributed by atoms with Crippen molar-refractivity contribution in [1.82, 2.24) is 20.1 Å². The summed E-state index contributed by atoms with van der Waals surface area (Å²) in [6.45, 7) is 7.89. The van der Waals surface area contributed by atoms with Gasteiger partial charge >= 0.3 is 0 Å². The number of benzene rings is 1. The van der Waals surface area contributed by atoms with Crippen LogP contribution in [0.5, 0.6) is 5.75 Å². The number of ether oxygens (including phenoxy) is 1. The van der Waals surface area contributed by atoms with Gasteiger partial charge in [0, 0.05) is 36.7 Å². The summed E-state index contributed by atoms with van der Waals surface area (Å²) in [7, 11) is 0. The van der Waals surface area contributed by atoms with Crippen molar-refractivity contribution in [3.05, 3.63) is 53.3 Å². The second-order valence-electron chi connectivity index (χ2n) is 9.89. The van der Waals surface area contributed by atoms with Crippen molar-refractivity contribution in [2.75, 3.05) is 18.1 Å². The highest BCUT2D eigenvalue weighted by molar-refractivity contribution is 7.17. The molecule has 9 heteroatoms. The van der Waals surface area contributed by atoms with Crippen LogP contribution in [0.4, 0.5) is 10.8 Å². The molecule has 1 amide bonds. The number of allylic oxidation sites excluding steroid dienone is 2. The van der Waals surface area contributed by atoms with Crippen LogP contribution in [-0.2, 0) is 17.8 Å². The summed E-state index contributed by atoms with van der Waals surface area (Å²) in [6, 6.07) is 6.14. The Morgan fingerprint density at radius 2 is 2.14 bits per heavy atom. The summed E-state index contributed by atoms with van der Waals surface area (Å²) in [4.78, 5) is 32.0. The maximum atomic E-state index is 12.6. The molecule has 2 aliphatic heterocycles. The first-order valence-electron chi connectivity index (χ1n) is 12.4. The average Bonchev–Trinajstić information content (AvgIpc) is 3.48. The van der Waals surface area contributed by atoms with Crippen LogP contribution in [0.15, 0.2) is 42.7 Å². The van der Waals surface area contributed by atoms with Crippen molar-refractivity contribution in [1.29, 1.82) is 0 Å². The summed E-state index contributed by atoms with van der Waals surface area (Å²) < 4.78 is 7.86. The second-order valence-corrected chi connectivity index (χ2v) is 10.9. The molecule has 0 saturated carbocycles. The molecule has 2 aliphatic rings. The van der Waals surface area contributed by atoms with E-state index >= 15 is 0 Å². The fraction of sp³-hybridized carbons (Fsp3) is 0.407. The van der Waals surface area contributed by atoms with Gasteiger partial charge in [-0.2, -0.15) is 5.10 Å². The zero-order valence-electron chi connectivity index (χ0n) is 20.9. The number of unbranched alkanes of at least 4 members (excludes halogenated alkanes) is 1. The van der Waals surface area contributed by atoms with E-state index in [0.717, 1.165) is 52.8 Å². The number of nitrogens with one attached hydrogen (secondary N) is 1. The summed E-state index contributed by atoms with van der Waals surface area (Å²) >= 11 is 1.44. The highest BCUT2D eigenvalue weighted by atomic mass is 32.1. The third kappa shape index (κ3) is 5.06. The van der Waals surface area contributed by atoms with E-state index in [0.29, 0.717) is 30.9 Å². The molecule has 5 rings (SSSR count). The summed E-state index contributed by atoms with van der Waals surface area (Å²) in [5, 5.41) is 8.41. The number of thiazole rings is 1. The highest BCUT2D eigenvalue weighted by Gasteiger charge is 2.34. The van der Waals surface area contributed by atoms with Crippen LogP contribution in [0.1, 0.15) is 55.4 Å². The Balaban J connectivity index is 1.33. The monoisotopic (exact) mass is 505 g/mol. The summed E-state index contributed by atoms with van der Waals surface area (Å²) in [5.74, 6) is 0.928. The van der Waals surface area contributed by atoms with Crippen LogP contribution >= 0.6 is 11.3 Å². The second kappa shape index (κ2) is 9.89. The molecule has 188 valence electrons. The number of carbonyl (C=O) groups excluding carboxylic acids is 2. The molecule has 1 N–H and O–H groups in total. The van der Waals surface area contributed by atoms with E-state index in [-0.39, 0.29) is 17.2 Å². The molecule has 36 heavy (non-hydrogen) atoms. The van der Waals surface area contributed by atoms with Crippen LogP contribution in [0.3, 0.4) is 0 Å². The lowest BCUT2D eigenvalue weighted by Gasteiger charge is -2.29. The number of hydrogen-bond acceptors (Lipinski definition) is 7. The Morgan fingerprint density at radius 3 is 2.97 bits per heavy atom. The van der Waals surface area contributed by atoms with Gasteiger partial charge in [-0.3, -0.25) is 14.3 Å². The molecule has 3 aromatic rings. The van der Waals surface area contributed by atoms with Gasteiger partial charge in [0.1, 0.15) is 17.2 Å². The van der Waals surface area contributed by atoms with Crippen LogP contribution in [-0.4, -0.2) is 45.1 Å². The van der Waals surface area contributed by atoms with E-state index in [1.165, 1.54) is 11.3 Å². The van der Waals surface area contributed by atoms with E-state index in [2.05, 4.69) is 21.4 Å². The number of carbonyl (C=O) groups is 2. The number of hydrogen-bond donors (Lipinski definition) is 1. The predicted octanol–water partition coefficient (Wildman–Crippen LogP) is 4.92. The minimum Gasteiger partial charge on any atom is -0.490 e. The first-order chi connectivity index (χ1) is 17.3. The van der Waals surface area contributed by atoms with Crippen LogP contribution in [0.25, 0.3) is 11.1 Å². The number of ketones is 1. The van der Waals surface area contributed by atoms with E-state index in [1.807, 2.05) is 50.0 Å². The van der Waals surface area contributed by atoms with Crippen molar-refractivity contribution in [2.24, 2.45) is 0 Å². The zero-order valence-corrected chi connectivity index (χ0v) is 21.7. The zero-order chi connectivity index (χ0) is 25.3. The number of anilines is 2. The molecule has 2 aromatic heterocycles. The molecule has 0 aliphatic carbocycles. The fourth-order valence-electron chi connectivity index (χ4n) is 4.65. The molecule has 0 atom stereocenters. The smallest absolute Gasteiger partial charge is 0.263 e. The van der Waals surface area contributed by atoms with E-state index < -0.39 is 0 Å². The van der Waals surface area contributed by atoms with Gasteiger partial charge in [0.05, 0.1) is 24.1 Å². The van der Waals surface area contributed by atoms with Gasteiger partial charge in [0.25, 0.3) is 5.91 Å². The van der Waals surface area contributed by atoms with E-state index in [4.69, 9.17) is 9.72 Å². The first-order valence-corrected chi connectivity index (χ1v) is 13.2. The van der Waals surface area contributed by atoms with Crippen molar-refractivity contribution in [3.63, 3.8) is 0 Å². The number of rotatable bonds is 8. The molecule has 0 unspecified atom stereocenters. The van der Waals surface area contributed by atoms with Crippen molar-refractivity contribution in [2.45, 2.75) is 58.5 Å². The fourth-order valence-corrected chi connectivity index (χ4v) is 5.67. The van der Waals surface area contributed by atoms with Crippen LogP contribution < -0.4 is 15.0 Å². The normalized spacial score (nSPS) is 16.4.